The Morgan fingerprint density at radius 1 is 1.38 bits per heavy atom. The molecular weight excluding hydrogens is 162 g/mol. The highest BCUT2D eigenvalue weighted by atomic mass is 14.9. The van der Waals surface area contributed by atoms with Crippen molar-refractivity contribution in [3.63, 3.8) is 0 Å². The minimum absolute atomic E-state index is 0.121. The van der Waals surface area contributed by atoms with Crippen LogP contribution in [0.1, 0.15) is 44.0 Å². The average Bonchev–Trinajstić information content (AvgIpc) is 2.71. The summed E-state index contributed by atoms with van der Waals surface area (Å²) in [4.78, 5) is 7.31. The fourth-order valence-corrected chi connectivity index (χ4v) is 2.18. The van der Waals surface area contributed by atoms with Gasteiger partial charge in [0.1, 0.15) is 5.82 Å². The summed E-state index contributed by atoms with van der Waals surface area (Å²) < 4.78 is 0. The number of nitrogens with two attached hydrogens (primary N) is 1. The van der Waals surface area contributed by atoms with Crippen molar-refractivity contribution in [1.82, 2.24) is 9.97 Å². The summed E-state index contributed by atoms with van der Waals surface area (Å²) in [5.41, 5.74) is 6.12. The zero-order valence-electron chi connectivity index (χ0n) is 7.87. The molecule has 72 valence electrons. The van der Waals surface area contributed by atoms with Crippen LogP contribution in [0, 0.1) is 5.92 Å². The third-order valence-electron chi connectivity index (χ3n) is 2.99. The van der Waals surface area contributed by atoms with Crippen LogP contribution < -0.4 is 5.73 Å². The third kappa shape index (κ3) is 1.91. The fourth-order valence-electron chi connectivity index (χ4n) is 2.18. The number of imidazole rings is 1. The summed E-state index contributed by atoms with van der Waals surface area (Å²) in [6.07, 6.45) is 10.2. The number of rotatable bonds is 2. The van der Waals surface area contributed by atoms with E-state index in [4.69, 9.17) is 5.73 Å². The van der Waals surface area contributed by atoms with Crippen molar-refractivity contribution in [1.29, 1.82) is 0 Å². The van der Waals surface area contributed by atoms with E-state index in [9.17, 15) is 0 Å². The molecule has 1 atom stereocenters. The Balaban J connectivity index is 1.99. The molecule has 0 spiro atoms. The van der Waals surface area contributed by atoms with Crippen molar-refractivity contribution in [3.05, 3.63) is 18.2 Å². The molecule has 1 aliphatic rings. The average molecular weight is 179 g/mol. The number of nitrogens with one attached hydrogen (secondary N) is 1. The second-order valence-electron chi connectivity index (χ2n) is 3.90. The second kappa shape index (κ2) is 3.92. The first-order chi connectivity index (χ1) is 6.38. The molecular formula is C10H17N3. The van der Waals surface area contributed by atoms with Crippen LogP contribution in [-0.4, -0.2) is 9.97 Å². The number of aromatic amines is 1. The largest absolute Gasteiger partial charge is 0.347 e. The molecule has 3 N–H and O–H groups in total. The Kier molecular flexibility index (Phi) is 2.64. The van der Waals surface area contributed by atoms with E-state index in [-0.39, 0.29) is 6.04 Å². The Hall–Kier alpha value is -0.830. The molecule has 0 aliphatic heterocycles. The van der Waals surface area contributed by atoms with Crippen LogP contribution in [-0.2, 0) is 0 Å². The standard InChI is InChI=1S/C10H17N3/c11-9(10-12-6-7-13-10)8-4-2-1-3-5-8/h6-9H,1-5,11H2,(H,12,13)/t9-/m0/s1. The predicted octanol–water partition coefficient (Wildman–Crippen LogP) is 1.99. The van der Waals surface area contributed by atoms with E-state index in [0.29, 0.717) is 5.92 Å². The monoisotopic (exact) mass is 179 g/mol. The highest BCUT2D eigenvalue weighted by Crippen LogP contribution is 2.31. The van der Waals surface area contributed by atoms with Gasteiger partial charge in [-0.15, -0.1) is 0 Å². The van der Waals surface area contributed by atoms with Crippen molar-refractivity contribution >= 4 is 0 Å². The summed E-state index contributed by atoms with van der Waals surface area (Å²) in [5, 5.41) is 0. The maximum Gasteiger partial charge on any atom is 0.123 e. The SMILES string of the molecule is N[C@H](c1ncc[nH]1)C1CCCCC1. The van der Waals surface area contributed by atoms with Crippen LogP contribution in [0.25, 0.3) is 0 Å². The fraction of sp³-hybridized carbons (Fsp3) is 0.700. The molecule has 2 rings (SSSR count). The van der Waals surface area contributed by atoms with Gasteiger partial charge in [0.15, 0.2) is 0 Å². The lowest BCUT2D eigenvalue weighted by molar-refractivity contribution is 0.302. The zero-order valence-corrected chi connectivity index (χ0v) is 7.87. The van der Waals surface area contributed by atoms with Gasteiger partial charge in [-0.25, -0.2) is 4.98 Å². The molecule has 1 aromatic heterocycles. The van der Waals surface area contributed by atoms with Gasteiger partial charge in [-0.3, -0.25) is 0 Å². The molecule has 1 aromatic rings. The van der Waals surface area contributed by atoms with Crippen molar-refractivity contribution in [2.24, 2.45) is 11.7 Å². The lowest BCUT2D eigenvalue weighted by atomic mass is 9.84. The number of nitrogens with zero attached hydrogens (tertiary/aromatic N) is 1. The van der Waals surface area contributed by atoms with Crippen LogP contribution in [0.4, 0.5) is 0 Å². The van der Waals surface area contributed by atoms with Crippen LogP contribution in [0.5, 0.6) is 0 Å². The van der Waals surface area contributed by atoms with Gasteiger partial charge in [0, 0.05) is 12.4 Å². The summed E-state index contributed by atoms with van der Waals surface area (Å²) in [6, 6.07) is 0.121. The van der Waals surface area contributed by atoms with Gasteiger partial charge < -0.3 is 10.7 Å². The van der Waals surface area contributed by atoms with Gasteiger partial charge in [0.2, 0.25) is 0 Å². The van der Waals surface area contributed by atoms with Gasteiger partial charge in [-0.1, -0.05) is 19.3 Å². The normalized spacial score (nSPS) is 21.6. The molecule has 0 unspecified atom stereocenters. The van der Waals surface area contributed by atoms with E-state index in [2.05, 4.69) is 9.97 Å². The number of hydrogen-bond donors (Lipinski definition) is 2. The molecule has 3 heteroatoms. The number of aromatic nitrogens is 2. The van der Waals surface area contributed by atoms with E-state index in [1.165, 1.54) is 32.1 Å². The number of H-pyrrole nitrogens is 1. The van der Waals surface area contributed by atoms with Crippen LogP contribution in [0.15, 0.2) is 12.4 Å². The van der Waals surface area contributed by atoms with E-state index in [1.807, 2.05) is 6.20 Å². The quantitative estimate of drug-likeness (QED) is 0.729. The minimum atomic E-state index is 0.121. The molecule has 0 saturated heterocycles. The van der Waals surface area contributed by atoms with Gasteiger partial charge >= 0.3 is 0 Å². The number of hydrogen-bond acceptors (Lipinski definition) is 2. The smallest absolute Gasteiger partial charge is 0.123 e. The minimum Gasteiger partial charge on any atom is -0.347 e. The van der Waals surface area contributed by atoms with Crippen molar-refractivity contribution in [2.75, 3.05) is 0 Å². The second-order valence-corrected chi connectivity index (χ2v) is 3.90. The van der Waals surface area contributed by atoms with Gasteiger partial charge in [0.05, 0.1) is 6.04 Å². The first-order valence-corrected chi connectivity index (χ1v) is 5.13. The summed E-state index contributed by atoms with van der Waals surface area (Å²) >= 11 is 0. The summed E-state index contributed by atoms with van der Waals surface area (Å²) in [5.74, 6) is 1.59. The van der Waals surface area contributed by atoms with Gasteiger partial charge in [-0.2, -0.15) is 0 Å². The van der Waals surface area contributed by atoms with E-state index in [0.717, 1.165) is 5.82 Å². The molecule has 13 heavy (non-hydrogen) atoms. The van der Waals surface area contributed by atoms with Gasteiger partial charge in [-0.05, 0) is 18.8 Å². The van der Waals surface area contributed by atoms with E-state index in [1.54, 1.807) is 6.20 Å². The molecule has 0 aromatic carbocycles. The molecule has 0 amide bonds. The molecule has 3 nitrogen and oxygen atoms in total. The van der Waals surface area contributed by atoms with Crippen LogP contribution in [0.2, 0.25) is 0 Å². The molecule has 0 bridgehead atoms. The Bertz CT molecular complexity index is 237. The first kappa shape index (κ1) is 8.75. The van der Waals surface area contributed by atoms with Gasteiger partial charge in [0.25, 0.3) is 0 Å². The van der Waals surface area contributed by atoms with E-state index >= 15 is 0 Å². The van der Waals surface area contributed by atoms with Crippen LogP contribution >= 0.6 is 0 Å². The lowest BCUT2D eigenvalue weighted by Gasteiger charge is -2.25. The Morgan fingerprint density at radius 3 is 2.77 bits per heavy atom. The summed E-state index contributed by atoms with van der Waals surface area (Å²) in [7, 11) is 0. The predicted molar refractivity (Wildman–Crippen MR) is 52.1 cm³/mol. The summed E-state index contributed by atoms with van der Waals surface area (Å²) in [6.45, 7) is 0. The molecule has 1 saturated carbocycles. The zero-order chi connectivity index (χ0) is 9.10. The van der Waals surface area contributed by atoms with Crippen molar-refractivity contribution < 1.29 is 0 Å². The molecule has 1 heterocycles. The van der Waals surface area contributed by atoms with Crippen LogP contribution in [0.3, 0.4) is 0 Å². The van der Waals surface area contributed by atoms with Crippen molar-refractivity contribution in [2.45, 2.75) is 38.1 Å². The molecule has 1 aliphatic carbocycles. The van der Waals surface area contributed by atoms with E-state index < -0.39 is 0 Å². The lowest BCUT2D eigenvalue weighted by Crippen LogP contribution is -2.24. The highest BCUT2D eigenvalue weighted by molar-refractivity contribution is 4.97. The maximum absolute atomic E-state index is 6.12. The maximum atomic E-state index is 6.12. The Labute approximate surface area is 78.7 Å². The topological polar surface area (TPSA) is 54.7 Å². The Morgan fingerprint density at radius 2 is 2.15 bits per heavy atom. The molecule has 1 fully saturated rings. The highest BCUT2D eigenvalue weighted by Gasteiger charge is 2.22. The molecule has 0 radical (unpaired) electrons. The third-order valence-corrected chi connectivity index (χ3v) is 2.99. The first-order valence-electron chi connectivity index (χ1n) is 5.13. The van der Waals surface area contributed by atoms with Crippen molar-refractivity contribution in [3.8, 4) is 0 Å².